The van der Waals surface area contributed by atoms with Crippen molar-refractivity contribution in [2.75, 3.05) is 18.5 Å². The van der Waals surface area contributed by atoms with E-state index in [1.54, 1.807) is 24.4 Å². The number of halogens is 1. The van der Waals surface area contributed by atoms with E-state index in [0.29, 0.717) is 65.8 Å². The maximum Gasteiger partial charge on any atom is 0.321 e. The Morgan fingerprint density at radius 3 is 2.82 bits per heavy atom. The predicted molar refractivity (Wildman–Crippen MR) is 122 cm³/mol. The molecule has 2 aromatic heterocycles. The summed E-state index contributed by atoms with van der Waals surface area (Å²) in [6.45, 7) is 2.86. The lowest BCUT2D eigenvalue weighted by Crippen LogP contribution is -2.28. The van der Waals surface area contributed by atoms with Crippen LogP contribution in [0.15, 0.2) is 24.4 Å². The van der Waals surface area contributed by atoms with Gasteiger partial charge in [0.2, 0.25) is 5.95 Å². The van der Waals surface area contributed by atoms with Gasteiger partial charge in [-0.25, -0.2) is 14.2 Å². The standard InChI is InChI=1S/C24H28FN5O3/c1-2-26-23(31)30-22-28-16-12-15(20(25)19(21(16)29-22)17-6-5-11-33-17)14-7-8-18(27-13-14)24(32)9-3-4-10-24/h7-8,12-13,17,32H,2-6,9-11H2,1H3,(H3,26,28,29,30,31)/t17-/m1/s1. The highest BCUT2D eigenvalue weighted by Gasteiger charge is 2.34. The second kappa shape index (κ2) is 8.72. The van der Waals surface area contributed by atoms with Gasteiger partial charge in [-0.15, -0.1) is 0 Å². The van der Waals surface area contributed by atoms with Gasteiger partial charge in [0.05, 0.1) is 22.8 Å². The van der Waals surface area contributed by atoms with Gasteiger partial charge in [0.15, 0.2) is 0 Å². The van der Waals surface area contributed by atoms with Crippen LogP contribution in [0.2, 0.25) is 0 Å². The zero-order chi connectivity index (χ0) is 23.0. The number of imidazole rings is 1. The van der Waals surface area contributed by atoms with Crippen LogP contribution in [-0.4, -0.2) is 39.2 Å². The van der Waals surface area contributed by atoms with Crippen LogP contribution in [0.3, 0.4) is 0 Å². The number of amides is 2. The largest absolute Gasteiger partial charge is 0.384 e. The number of carbonyl (C=O) groups excluding carboxylic acids is 1. The van der Waals surface area contributed by atoms with Gasteiger partial charge in [-0.3, -0.25) is 10.3 Å². The molecule has 0 bridgehead atoms. The molecule has 5 rings (SSSR count). The SMILES string of the molecule is CCNC(=O)Nc1nc2c([C@H]3CCCO3)c(F)c(-c3ccc(C4(O)CCCC4)nc3)cc2[nH]1. The molecule has 1 aromatic carbocycles. The van der Waals surface area contributed by atoms with E-state index in [4.69, 9.17) is 4.74 Å². The molecule has 8 nitrogen and oxygen atoms in total. The summed E-state index contributed by atoms with van der Waals surface area (Å²) in [5.41, 5.74) is 2.14. The van der Waals surface area contributed by atoms with E-state index >= 15 is 4.39 Å². The molecule has 0 unspecified atom stereocenters. The molecule has 1 atom stereocenters. The lowest BCUT2D eigenvalue weighted by atomic mass is 9.94. The Hall–Kier alpha value is -3.04. The summed E-state index contributed by atoms with van der Waals surface area (Å²) in [4.78, 5) is 24.0. The molecule has 0 radical (unpaired) electrons. The number of anilines is 1. The maximum absolute atomic E-state index is 15.9. The Morgan fingerprint density at radius 2 is 2.15 bits per heavy atom. The Morgan fingerprint density at radius 1 is 1.33 bits per heavy atom. The normalized spacial score (nSPS) is 19.8. The predicted octanol–water partition coefficient (Wildman–Crippen LogP) is 4.52. The second-order valence-electron chi connectivity index (χ2n) is 8.79. The Bertz CT molecular complexity index is 1170. The van der Waals surface area contributed by atoms with Gasteiger partial charge < -0.3 is 20.1 Å². The van der Waals surface area contributed by atoms with E-state index in [1.807, 2.05) is 6.92 Å². The summed E-state index contributed by atoms with van der Waals surface area (Å²) in [5.74, 6) is -0.164. The van der Waals surface area contributed by atoms with E-state index < -0.39 is 17.5 Å². The van der Waals surface area contributed by atoms with Gasteiger partial charge in [0.1, 0.15) is 11.4 Å². The van der Waals surface area contributed by atoms with Crippen LogP contribution in [0, 0.1) is 5.82 Å². The third-order valence-electron chi connectivity index (χ3n) is 6.55. The molecular weight excluding hydrogens is 425 g/mol. The van der Waals surface area contributed by atoms with Crippen molar-refractivity contribution in [3.05, 3.63) is 41.5 Å². The first-order valence-corrected chi connectivity index (χ1v) is 11.6. The smallest absolute Gasteiger partial charge is 0.321 e. The summed E-state index contributed by atoms with van der Waals surface area (Å²) in [7, 11) is 0. The minimum absolute atomic E-state index is 0.240. The number of ether oxygens (including phenoxy) is 1. The number of aromatic nitrogens is 3. The minimum Gasteiger partial charge on any atom is -0.384 e. The zero-order valence-electron chi connectivity index (χ0n) is 18.6. The third-order valence-corrected chi connectivity index (χ3v) is 6.55. The molecule has 0 spiro atoms. The van der Waals surface area contributed by atoms with Crippen LogP contribution in [-0.2, 0) is 10.3 Å². The minimum atomic E-state index is -0.896. The number of fused-ring (bicyclic) bond motifs is 1. The van der Waals surface area contributed by atoms with Crippen LogP contribution in [0.5, 0.6) is 0 Å². The van der Waals surface area contributed by atoms with Crippen molar-refractivity contribution in [2.24, 2.45) is 0 Å². The van der Waals surface area contributed by atoms with Crippen molar-refractivity contribution < 1.29 is 19.0 Å². The molecule has 33 heavy (non-hydrogen) atoms. The molecule has 1 aliphatic heterocycles. The van der Waals surface area contributed by atoms with Gasteiger partial charge >= 0.3 is 6.03 Å². The first-order chi connectivity index (χ1) is 16.0. The number of nitrogens with zero attached hydrogens (tertiary/aromatic N) is 2. The molecule has 4 N–H and O–H groups in total. The van der Waals surface area contributed by atoms with E-state index in [1.165, 1.54) is 0 Å². The second-order valence-corrected chi connectivity index (χ2v) is 8.79. The highest BCUT2D eigenvalue weighted by Crippen LogP contribution is 2.41. The number of hydrogen-bond donors (Lipinski definition) is 4. The Balaban J connectivity index is 1.57. The third kappa shape index (κ3) is 4.06. The van der Waals surface area contributed by atoms with Crippen LogP contribution in [0.25, 0.3) is 22.2 Å². The van der Waals surface area contributed by atoms with E-state index in [9.17, 15) is 9.90 Å². The summed E-state index contributed by atoms with van der Waals surface area (Å²) in [6, 6.07) is 4.87. The molecular formula is C24H28FN5O3. The molecule has 3 heterocycles. The molecule has 2 amide bonds. The van der Waals surface area contributed by atoms with Gasteiger partial charge in [-0.1, -0.05) is 18.9 Å². The average molecular weight is 454 g/mol. The van der Waals surface area contributed by atoms with Gasteiger partial charge in [0.25, 0.3) is 0 Å². The molecule has 9 heteroatoms. The molecule has 2 aliphatic rings. The fraction of sp³-hybridized carbons (Fsp3) is 0.458. The van der Waals surface area contributed by atoms with Gasteiger partial charge in [-0.05, 0) is 44.7 Å². The van der Waals surface area contributed by atoms with Crippen LogP contribution in [0.1, 0.15) is 62.8 Å². The molecule has 1 saturated heterocycles. The summed E-state index contributed by atoms with van der Waals surface area (Å²) in [6.07, 6.45) is 6.09. The lowest BCUT2D eigenvalue weighted by Gasteiger charge is -2.21. The number of nitrogens with one attached hydrogen (secondary N) is 3. The van der Waals surface area contributed by atoms with Crippen LogP contribution in [0.4, 0.5) is 15.1 Å². The number of urea groups is 1. The summed E-state index contributed by atoms with van der Waals surface area (Å²) in [5, 5.41) is 16.1. The van der Waals surface area contributed by atoms with Gasteiger partial charge in [0, 0.05) is 36.0 Å². The van der Waals surface area contributed by atoms with E-state index in [2.05, 4.69) is 25.6 Å². The van der Waals surface area contributed by atoms with Crippen LogP contribution >= 0.6 is 0 Å². The van der Waals surface area contributed by atoms with Crippen molar-refractivity contribution in [1.82, 2.24) is 20.3 Å². The topological polar surface area (TPSA) is 112 Å². The Kier molecular flexibility index (Phi) is 5.76. The number of benzene rings is 1. The molecule has 3 aromatic rings. The highest BCUT2D eigenvalue weighted by molar-refractivity contribution is 5.92. The monoisotopic (exact) mass is 453 g/mol. The number of aliphatic hydroxyl groups is 1. The van der Waals surface area contributed by atoms with E-state index in [-0.39, 0.29) is 12.0 Å². The number of pyridine rings is 1. The molecule has 1 saturated carbocycles. The number of carbonyl (C=O) groups is 1. The van der Waals surface area contributed by atoms with Crippen molar-refractivity contribution in [3.8, 4) is 11.1 Å². The zero-order valence-corrected chi connectivity index (χ0v) is 18.6. The van der Waals surface area contributed by atoms with Crippen molar-refractivity contribution in [2.45, 2.75) is 57.2 Å². The van der Waals surface area contributed by atoms with E-state index in [0.717, 1.165) is 19.3 Å². The lowest BCUT2D eigenvalue weighted by molar-refractivity contribution is 0.0400. The fourth-order valence-electron chi connectivity index (χ4n) is 4.88. The average Bonchev–Trinajstić information content (AvgIpc) is 3.55. The van der Waals surface area contributed by atoms with Crippen molar-refractivity contribution in [1.29, 1.82) is 0 Å². The number of H-pyrrole nitrogens is 1. The molecule has 1 aliphatic carbocycles. The maximum atomic E-state index is 15.9. The van der Waals surface area contributed by atoms with Crippen LogP contribution < -0.4 is 10.6 Å². The first-order valence-electron chi connectivity index (χ1n) is 11.6. The fourth-order valence-corrected chi connectivity index (χ4v) is 4.88. The summed E-state index contributed by atoms with van der Waals surface area (Å²) < 4.78 is 21.7. The number of hydrogen-bond acceptors (Lipinski definition) is 5. The quantitative estimate of drug-likeness (QED) is 0.454. The van der Waals surface area contributed by atoms with Crippen molar-refractivity contribution >= 4 is 23.0 Å². The number of aromatic amines is 1. The number of rotatable bonds is 5. The first kappa shape index (κ1) is 21.8. The summed E-state index contributed by atoms with van der Waals surface area (Å²) >= 11 is 0. The Labute approximate surface area is 191 Å². The van der Waals surface area contributed by atoms with Crippen molar-refractivity contribution in [3.63, 3.8) is 0 Å². The van der Waals surface area contributed by atoms with Gasteiger partial charge in [-0.2, -0.15) is 0 Å². The highest BCUT2D eigenvalue weighted by atomic mass is 19.1. The molecule has 174 valence electrons. The molecule has 2 fully saturated rings.